The molecule has 0 spiro atoms. The number of carbonyl (C=O) groups is 1. The summed E-state index contributed by atoms with van der Waals surface area (Å²) in [6.45, 7) is 3.72. The third kappa shape index (κ3) is 4.75. The molecular formula is C24H25O3S-. The highest BCUT2D eigenvalue weighted by atomic mass is 32.2. The molecule has 0 radical (unpaired) electrons. The van der Waals surface area contributed by atoms with E-state index in [1.807, 2.05) is 30.3 Å². The highest BCUT2D eigenvalue weighted by Crippen LogP contribution is 2.36. The average molecular weight is 394 g/mol. The Bertz CT molecular complexity index is 941. The predicted molar refractivity (Wildman–Crippen MR) is 112 cm³/mol. The summed E-state index contributed by atoms with van der Waals surface area (Å²) in [7, 11) is 0. The van der Waals surface area contributed by atoms with E-state index < -0.39 is 11.1 Å². The van der Waals surface area contributed by atoms with Crippen LogP contribution in [0.15, 0.2) is 76.7 Å². The SMILES string of the molecule is CC(=O)/C(Cc1ccccc1)=C(\C)C1CC=C(c2ccccc2S(=O)[O-])CC1. The molecule has 0 bridgehead atoms. The Morgan fingerprint density at radius 3 is 2.36 bits per heavy atom. The van der Waals surface area contributed by atoms with Crippen LogP contribution in [0.25, 0.3) is 5.57 Å². The van der Waals surface area contributed by atoms with Gasteiger partial charge in [0.1, 0.15) is 0 Å². The summed E-state index contributed by atoms with van der Waals surface area (Å²) < 4.78 is 23.0. The van der Waals surface area contributed by atoms with Gasteiger partial charge in [-0.3, -0.25) is 9.00 Å². The van der Waals surface area contributed by atoms with Crippen molar-refractivity contribution >= 4 is 22.4 Å². The molecule has 0 amide bonds. The predicted octanol–water partition coefficient (Wildman–Crippen LogP) is 5.26. The first-order valence-corrected chi connectivity index (χ1v) is 10.7. The molecule has 2 unspecified atom stereocenters. The Labute approximate surface area is 169 Å². The lowest BCUT2D eigenvalue weighted by molar-refractivity contribution is -0.113. The van der Waals surface area contributed by atoms with E-state index in [4.69, 9.17) is 0 Å². The van der Waals surface area contributed by atoms with E-state index in [9.17, 15) is 13.6 Å². The number of carbonyl (C=O) groups excluding carboxylic acids is 1. The van der Waals surface area contributed by atoms with E-state index in [0.717, 1.165) is 47.1 Å². The maximum atomic E-state index is 12.3. The van der Waals surface area contributed by atoms with Crippen molar-refractivity contribution in [2.75, 3.05) is 0 Å². The summed E-state index contributed by atoms with van der Waals surface area (Å²) in [5.41, 5.74) is 5.08. The molecule has 0 saturated carbocycles. The Morgan fingerprint density at radius 2 is 1.75 bits per heavy atom. The second-order valence-electron chi connectivity index (χ2n) is 7.31. The third-order valence-corrected chi connectivity index (χ3v) is 6.28. The van der Waals surface area contributed by atoms with Crippen molar-refractivity contribution in [1.29, 1.82) is 0 Å². The first kappa shape index (κ1) is 20.4. The van der Waals surface area contributed by atoms with Crippen LogP contribution in [0.1, 0.15) is 44.2 Å². The molecular weight excluding hydrogens is 368 g/mol. The molecule has 1 aliphatic rings. The lowest BCUT2D eigenvalue weighted by Gasteiger charge is -2.26. The van der Waals surface area contributed by atoms with E-state index in [1.165, 1.54) is 0 Å². The van der Waals surface area contributed by atoms with Crippen LogP contribution in [-0.4, -0.2) is 14.5 Å². The molecule has 0 heterocycles. The van der Waals surface area contributed by atoms with Gasteiger partial charge in [-0.15, -0.1) is 0 Å². The van der Waals surface area contributed by atoms with Crippen LogP contribution in [-0.2, 0) is 22.3 Å². The average Bonchev–Trinajstić information content (AvgIpc) is 2.72. The minimum atomic E-state index is -2.24. The minimum absolute atomic E-state index is 0.128. The van der Waals surface area contributed by atoms with Gasteiger partial charge in [-0.05, 0) is 78.4 Å². The maximum absolute atomic E-state index is 12.3. The molecule has 3 rings (SSSR count). The van der Waals surface area contributed by atoms with Crippen molar-refractivity contribution < 1.29 is 13.6 Å². The van der Waals surface area contributed by atoms with Crippen LogP contribution >= 0.6 is 0 Å². The van der Waals surface area contributed by atoms with Gasteiger partial charge in [0.05, 0.1) is 0 Å². The molecule has 0 aromatic heterocycles. The zero-order valence-electron chi connectivity index (χ0n) is 16.3. The molecule has 0 saturated heterocycles. The number of benzene rings is 2. The summed E-state index contributed by atoms with van der Waals surface area (Å²) in [5.74, 6) is 0.444. The Balaban J connectivity index is 1.83. The van der Waals surface area contributed by atoms with E-state index in [-0.39, 0.29) is 5.78 Å². The Hall–Kier alpha value is -2.30. The van der Waals surface area contributed by atoms with Crippen LogP contribution in [0.4, 0.5) is 0 Å². The van der Waals surface area contributed by atoms with Crippen molar-refractivity contribution in [3.05, 3.63) is 82.9 Å². The molecule has 0 fully saturated rings. The summed E-state index contributed by atoms with van der Waals surface area (Å²) in [4.78, 5) is 12.7. The van der Waals surface area contributed by atoms with Crippen molar-refractivity contribution in [1.82, 2.24) is 0 Å². The highest BCUT2D eigenvalue weighted by molar-refractivity contribution is 7.79. The van der Waals surface area contributed by atoms with Crippen molar-refractivity contribution in [2.45, 2.75) is 44.4 Å². The van der Waals surface area contributed by atoms with E-state index >= 15 is 0 Å². The highest BCUT2D eigenvalue weighted by Gasteiger charge is 2.22. The van der Waals surface area contributed by atoms with Crippen molar-refractivity contribution in [3.8, 4) is 0 Å². The number of ketones is 1. The normalized spacial score (nSPS) is 18.8. The number of rotatable bonds is 6. The van der Waals surface area contributed by atoms with Crippen molar-refractivity contribution in [3.63, 3.8) is 0 Å². The fourth-order valence-electron chi connectivity index (χ4n) is 3.94. The van der Waals surface area contributed by atoms with Crippen LogP contribution in [0.2, 0.25) is 0 Å². The molecule has 3 nitrogen and oxygen atoms in total. The summed E-state index contributed by atoms with van der Waals surface area (Å²) in [5, 5.41) is 0. The monoisotopic (exact) mass is 393 g/mol. The third-order valence-electron chi connectivity index (χ3n) is 5.56. The van der Waals surface area contributed by atoms with E-state index in [2.05, 4.69) is 25.1 Å². The standard InChI is InChI=1S/C24H26O3S/c1-17(23(18(2)25)16-19-8-4-3-5-9-19)20-12-14-21(15-13-20)22-10-6-7-11-24(22)28(26)27/h3-11,14,20H,12-13,15-16H2,1-2H3,(H,26,27)/p-1/b23-17+. The van der Waals surface area contributed by atoms with Crippen LogP contribution < -0.4 is 0 Å². The minimum Gasteiger partial charge on any atom is -0.768 e. The molecule has 146 valence electrons. The largest absolute Gasteiger partial charge is 0.768 e. The molecule has 2 atom stereocenters. The molecule has 2 aromatic carbocycles. The van der Waals surface area contributed by atoms with Gasteiger partial charge >= 0.3 is 0 Å². The maximum Gasteiger partial charge on any atom is 0.156 e. The number of hydrogen-bond donors (Lipinski definition) is 0. The van der Waals surface area contributed by atoms with Gasteiger partial charge in [0, 0.05) is 11.3 Å². The zero-order valence-corrected chi connectivity index (χ0v) is 17.1. The summed E-state index contributed by atoms with van der Waals surface area (Å²) >= 11 is -2.24. The van der Waals surface area contributed by atoms with Crippen LogP contribution in [0.5, 0.6) is 0 Å². The quantitative estimate of drug-likeness (QED) is 0.497. The van der Waals surface area contributed by atoms with Gasteiger partial charge in [0.2, 0.25) is 0 Å². The number of hydrogen-bond acceptors (Lipinski definition) is 3. The van der Waals surface area contributed by atoms with Gasteiger partial charge in [0.25, 0.3) is 0 Å². The fraction of sp³-hybridized carbons (Fsp3) is 0.292. The lowest BCUT2D eigenvalue weighted by Crippen LogP contribution is -2.13. The second kappa shape index (κ2) is 9.26. The number of Topliss-reactive ketones (excluding diaryl/α,β-unsaturated/α-hetero) is 1. The second-order valence-corrected chi connectivity index (χ2v) is 8.22. The van der Waals surface area contributed by atoms with E-state index in [0.29, 0.717) is 17.2 Å². The van der Waals surface area contributed by atoms with Gasteiger partial charge in [0.15, 0.2) is 5.78 Å². The molecule has 0 aliphatic heterocycles. The van der Waals surface area contributed by atoms with Gasteiger partial charge in [-0.2, -0.15) is 0 Å². The topological polar surface area (TPSA) is 57.2 Å². The molecule has 4 heteroatoms. The molecule has 28 heavy (non-hydrogen) atoms. The lowest BCUT2D eigenvalue weighted by atomic mass is 9.80. The van der Waals surface area contributed by atoms with Crippen LogP contribution in [0, 0.1) is 5.92 Å². The van der Waals surface area contributed by atoms with Crippen LogP contribution in [0.3, 0.4) is 0 Å². The Morgan fingerprint density at radius 1 is 1.07 bits per heavy atom. The smallest absolute Gasteiger partial charge is 0.156 e. The Kier molecular flexibility index (Phi) is 6.76. The van der Waals surface area contributed by atoms with Gasteiger partial charge < -0.3 is 4.55 Å². The first-order chi connectivity index (χ1) is 13.5. The van der Waals surface area contributed by atoms with Crippen molar-refractivity contribution in [2.24, 2.45) is 5.92 Å². The number of allylic oxidation sites excluding steroid dienone is 4. The fourth-order valence-corrected chi connectivity index (χ4v) is 4.51. The summed E-state index contributed by atoms with van der Waals surface area (Å²) in [6, 6.07) is 17.2. The van der Waals surface area contributed by atoms with Gasteiger partial charge in [-0.1, -0.05) is 60.2 Å². The van der Waals surface area contributed by atoms with Gasteiger partial charge in [-0.25, -0.2) is 0 Å². The molecule has 1 aliphatic carbocycles. The summed E-state index contributed by atoms with van der Waals surface area (Å²) in [6.07, 6.45) is 5.36. The van der Waals surface area contributed by atoms with E-state index in [1.54, 1.807) is 19.1 Å². The zero-order chi connectivity index (χ0) is 20.1. The molecule has 2 aromatic rings. The first-order valence-electron chi connectivity index (χ1n) is 9.59. The molecule has 0 N–H and O–H groups in total.